The zero-order valence-electron chi connectivity index (χ0n) is 19.1. The van der Waals surface area contributed by atoms with Crippen molar-refractivity contribution < 1.29 is 22.1 Å². The van der Waals surface area contributed by atoms with Gasteiger partial charge in [0.25, 0.3) is 0 Å². The van der Waals surface area contributed by atoms with Crippen molar-refractivity contribution in [3.8, 4) is 0 Å². The lowest BCUT2D eigenvalue weighted by atomic mass is 10.2. The van der Waals surface area contributed by atoms with Gasteiger partial charge in [-0.2, -0.15) is 0 Å². The Balaban J connectivity index is 1.46. The van der Waals surface area contributed by atoms with Crippen molar-refractivity contribution in [3.63, 3.8) is 0 Å². The van der Waals surface area contributed by atoms with Gasteiger partial charge in [0, 0.05) is 28.4 Å². The molecule has 0 saturated heterocycles. The van der Waals surface area contributed by atoms with E-state index < -0.39 is 17.3 Å². The fourth-order valence-electron chi connectivity index (χ4n) is 3.69. The van der Waals surface area contributed by atoms with E-state index in [-0.39, 0.29) is 11.4 Å². The van der Waals surface area contributed by atoms with Crippen LogP contribution in [-0.4, -0.2) is 8.42 Å². The first kappa shape index (κ1) is 23.9. The average molecular weight is 519 g/mol. The van der Waals surface area contributed by atoms with E-state index in [4.69, 9.17) is 9.15 Å². The summed E-state index contributed by atoms with van der Waals surface area (Å²) in [5.41, 5.74) is 1.95. The highest BCUT2D eigenvalue weighted by molar-refractivity contribution is 7.89. The molecule has 0 atom stereocenters. The minimum absolute atomic E-state index is 0.0230. The number of hydrogen-bond donors (Lipinski definition) is 2. The first-order chi connectivity index (χ1) is 17.4. The van der Waals surface area contributed by atoms with Gasteiger partial charge >= 0.3 is 0 Å². The van der Waals surface area contributed by atoms with E-state index in [9.17, 15) is 13.0 Å². The summed E-state index contributed by atoms with van der Waals surface area (Å²) in [6, 6.07) is 28.4. The van der Waals surface area contributed by atoms with Crippen LogP contribution in [0.4, 0.5) is 5.69 Å². The van der Waals surface area contributed by atoms with E-state index >= 15 is 0 Å². The largest absolute Gasteiger partial charge is 0.468 e. The molecule has 0 saturated carbocycles. The van der Waals surface area contributed by atoms with Crippen LogP contribution in [0.15, 0.2) is 124 Å². The third kappa shape index (κ3) is 5.52. The Labute approximate surface area is 209 Å². The smallest absolute Gasteiger partial charge is 0.241 e. The lowest BCUT2D eigenvalue weighted by molar-refractivity contribution is 0.469. The van der Waals surface area contributed by atoms with Crippen LogP contribution in [0, 0.1) is 0 Å². The fourth-order valence-corrected chi connectivity index (χ4v) is 6.58. The lowest BCUT2D eigenvalue weighted by Gasteiger charge is -2.24. The zero-order valence-corrected chi connectivity index (χ0v) is 20.8. The van der Waals surface area contributed by atoms with E-state index in [2.05, 4.69) is 9.81 Å². The van der Waals surface area contributed by atoms with Gasteiger partial charge in [0.05, 0.1) is 17.7 Å². The lowest BCUT2D eigenvalue weighted by Crippen LogP contribution is -2.23. The Hall–Kier alpha value is -3.84. The summed E-state index contributed by atoms with van der Waals surface area (Å²) < 4.78 is 53.6. The molecule has 2 heterocycles. The predicted octanol–water partition coefficient (Wildman–Crippen LogP) is 6.48. The van der Waals surface area contributed by atoms with Crippen molar-refractivity contribution >= 4 is 34.5 Å². The molecule has 0 aliphatic carbocycles. The second-order valence-electron chi connectivity index (χ2n) is 8.07. The number of benzene rings is 3. The molecular formula is C27H23N2O5PS. The third-order valence-corrected chi connectivity index (χ3v) is 8.66. The second kappa shape index (κ2) is 10.0. The number of furan rings is 1. The van der Waals surface area contributed by atoms with Crippen molar-refractivity contribution in [1.29, 1.82) is 0 Å². The van der Waals surface area contributed by atoms with Crippen LogP contribution in [0.2, 0.25) is 0 Å². The normalized spacial score (nSPS) is 14.9. The van der Waals surface area contributed by atoms with Crippen LogP contribution in [0.25, 0.3) is 11.5 Å². The van der Waals surface area contributed by atoms with E-state index in [0.29, 0.717) is 23.0 Å². The van der Waals surface area contributed by atoms with E-state index in [1.165, 1.54) is 18.4 Å². The molecule has 4 aromatic rings. The highest BCUT2D eigenvalue weighted by Crippen LogP contribution is 2.56. The topological polar surface area (TPSA) is 97.6 Å². The van der Waals surface area contributed by atoms with Gasteiger partial charge in [0.15, 0.2) is 0 Å². The van der Waals surface area contributed by atoms with Gasteiger partial charge in [-0.15, -0.1) is 0 Å². The van der Waals surface area contributed by atoms with Crippen molar-refractivity contribution in [1.82, 2.24) is 4.72 Å². The quantitative estimate of drug-likeness (QED) is 0.259. The second-order valence-corrected chi connectivity index (χ2v) is 12.0. The average Bonchev–Trinajstić information content (AvgIpc) is 3.42. The van der Waals surface area contributed by atoms with Crippen LogP contribution in [0.5, 0.6) is 0 Å². The number of rotatable bonds is 8. The molecular weight excluding hydrogens is 495 g/mol. The number of sulfonamides is 1. The van der Waals surface area contributed by atoms with Crippen LogP contribution >= 0.6 is 7.29 Å². The molecule has 2 N–H and O–H groups in total. The number of ether oxygens (including phenoxy) is 1. The Morgan fingerprint density at radius 2 is 1.39 bits per heavy atom. The maximum Gasteiger partial charge on any atom is 0.241 e. The van der Waals surface area contributed by atoms with Gasteiger partial charge in [0.1, 0.15) is 17.3 Å². The third-order valence-electron chi connectivity index (χ3n) is 5.42. The van der Waals surface area contributed by atoms with Crippen molar-refractivity contribution in [3.05, 3.63) is 132 Å². The van der Waals surface area contributed by atoms with Crippen LogP contribution < -0.4 is 9.81 Å². The van der Waals surface area contributed by atoms with Gasteiger partial charge in [-0.05, 0) is 30.3 Å². The molecule has 5 rings (SSSR count). The van der Waals surface area contributed by atoms with Gasteiger partial charge in [-0.1, -0.05) is 66.7 Å². The maximum absolute atomic E-state index is 14.1. The Kier molecular flexibility index (Phi) is 6.65. The van der Waals surface area contributed by atoms with E-state index in [1.807, 2.05) is 60.7 Å². The number of anilines is 1. The highest BCUT2D eigenvalue weighted by atomic mass is 32.2. The molecule has 0 radical (unpaired) electrons. The summed E-state index contributed by atoms with van der Waals surface area (Å²) >= 11 is 0. The summed E-state index contributed by atoms with van der Waals surface area (Å²) in [6.45, 7) is 0.0230. The Bertz CT molecular complexity index is 1510. The fraction of sp³-hybridized carbons (Fsp3) is 0.0370. The zero-order chi connectivity index (χ0) is 25.0. The molecule has 0 unspecified atom stereocenters. The first-order valence-electron chi connectivity index (χ1n) is 11.1. The Morgan fingerprint density at radius 3 is 1.97 bits per heavy atom. The molecule has 0 fully saturated rings. The molecule has 0 bridgehead atoms. The standard InChI is InChI=1S/C27H23N2O5PS/c30-35(29-23-13-7-15-25(17-23)36(31,32)28-18-24-14-8-16-33-24)19-26(21-9-3-1-4-10-21)34-27(20-35)22-11-5-2-6-12-22/h1-17,19-20,28H,18H2,(H,29,30). The van der Waals surface area contributed by atoms with Crippen molar-refractivity contribution in [2.75, 3.05) is 5.09 Å². The van der Waals surface area contributed by atoms with Gasteiger partial charge < -0.3 is 14.2 Å². The SMILES string of the molecule is O=P1(Nc2cccc(S(=O)(=O)NCc3ccco3)c2)C=C(c2ccccc2)OC(c2ccccc2)=C1. The van der Waals surface area contributed by atoms with Crippen molar-refractivity contribution in [2.24, 2.45) is 0 Å². The number of nitrogens with one attached hydrogen (secondary N) is 2. The molecule has 1 aromatic heterocycles. The molecule has 9 heteroatoms. The van der Waals surface area contributed by atoms with E-state index in [0.717, 1.165) is 11.1 Å². The molecule has 1 aliphatic heterocycles. The van der Waals surface area contributed by atoms with Gasteiger partial charge in [-0.25, -0.2) is 13.1 Å². The minimum atomic E-state index is -3.82. The predicted molar refractivity (Wildman–Crippen MR) is 140 cm³/mol. The van der Waals surface area contributed by atoms with Crippen LogP contribution in [0.1, 0.15) is 16.9 Å². The summed E-state index contributed by atoms with van der Waals surface area (Å²) in [5.74, 6) is 4.53. The summed E-state index contributed by atoms with van der Waals surface area (Å²) in [5, 5.41) is 3.05. The maximum atomic E-state index is 14.1. The Morgan fingerprint density at radius 1 is 0.750 bits per heavy atom. The van der Waals surface area contributed by atoms with E-state index in [1.54, 1.807) is 35.9 Å². The van der Waals surface area contributed by atoms with Gasteiger partial charge in [-0.3, -0.25) is 4.57 Å². The van der Waals surface area contributed by atoms with Crippen LogP contribution in [-0.2, 0) is 25.9 Å². The molecule has 3 aromatic carbocycles. The monoisotopic (exact) mass is 518 g/mol. The van der Waals surface area contributed by atoms with Crippen molar-refractivity contribution in [2.45, 2.75) is 11.4 Å². The summed E-state index contributed by atoms with van der Waals surface area (Å²) in [7, 11) is -7.16. The molecule has 0 amide bonds. The summed E-state index contributed by atoms with van der Waals surface area (Å²) in [4.78, 5) is 0.0402. The number of hydrogen-bond acceptors (Lipinski definition) is 5. The molecule has 1 aliphatic rings. The summed E-state index contributed by atoms with van der Waals surface area (Å²) in [6.07, 6.45) is 1.48. The van der Waals surface area contributed by atoms with Gasteiger partial charge in [0.2, 0.25) is 17.3 Å². The molecule has 7 nitrogen and oxygen atoms in total. The first-order valence-corrected chi connectivity index (χ1v) is 14.5. The molecule has 36 heavy (non-hydrogen) atoms. The minimum Gasteiger partial charge on any atom is -0.468 e. The van der Waals surface area contributed by atoms with Crippen LogP contribution in [0.3, 0.4) is 0 Å². The molecule has 0 spiro atoms. The molecule has 182 valence electrons. The highest BCUT2D eigenvalue weighted by Gasteiger charge is 2.27.